The molecular weight excluding hydrogens is 582 g/mol. The summed E-state index contributed by atoms with van der Waals surface area (Å²) in [5.41, 5.74) is 3.07. The van der Waals surface area contributed by atoms with Crippen molar-refractivity contribution in [3.63, 3.8) is 0 Å². The highest BCUT2D eigenvalue weighted by molar-refractivity contribution is 6.20. The van der Waals surface area contributed by atoms with Gasteiger partial charge in [-0.25, -0.2) is 4.79 Å². The lowest BCUT2D eigenvalue weighted by atomic mass is 9.87. The molecule has 0 spiro atoms. The van der Waals surface area contributed by atoms with Gasteiger partial charge in [-0.05, 0) is 59.7 Å². The lowest BCUT2D eigenvalue weighted by molar-refractivity contribution is -0.210. The predicted molar refractivity (Wildman–Crippen MR) is 163 cm³/mol. The van der Waals surface area contributed by atoms with E-state index in [9.17, 15) is 4.79 Å². The highest BCUT2D eigenvalue weighted by Gasteiger charge is 2.51. The number of cyclic esters (lactones) is 1. The normalized spacial score (nSPS) is 19.4. The number of methoxy groups -OCH3 is 4. The Morgan fingerprint density at radius 3 is 2.20 bits per heavy atom. The molecule has 45 heavy (non-hydrogen) atoms. The van der Waals surface area contributed by atoms with Gasteiger partial charge in [0.25, 0.3) is 5.79 Å². The van der Waals surface area contributed by atoms with Crippen molar-refractivity contribution in [1.82, 2.24) is 4.90 Å². The average molecular weight is 620 g/mol. The van der Waals surface area contributed by atoms with Gasteiger partial charge in [-0.2, -0.15) is 0 Å². The maximum atomic E-state index is 14.0. The molecule has 0 bridgehead atoms. The molecule has 0 radical (unpaired) electrons. The molecule has 0 aliphatic carbocycles. The van der Waals surface area contributed by atoms with Gasteiger partial charge in [0.1, 0.15) is 5.75 Å². The van der Waals surface area contributed by atoms with Gasteiger partial charge >= 0.3 is 5.97 Å². The molecule has 1 unspecified atom stereocenters. The van der Waals surface area contributed by atoms with Crippen molar-refractivity contribution in [3.05, 3.63) is 76.9 Å². The number of morpholine rings is 1. The lowest BCUT2D eigenvalue weighted by Crippen LogP contribution is -2.41. The van der Waals surface area contributed by atoms with Crippen LogP contribution in [-0.4, -0.2) is 85.6 Å². The lowest BCUT2D eigenvalue weighted by Gasteiger charge is -2.33. The van der Waals surface area contributed by atoms with E-state index in [0.29, 0.717) is 83.1 Å². The minimum absolute atomic E-state index is 0.112. The van der Waals surface area contributed by atoms with E-state index in [1.807, 2.05) is 42.5 Å². The van der Waals surface area contributed by atoms with Gasteiger partial charge in [0.05, 0.1) is 53.8 Å². The molecule has 0 N–H and O–H groups in total. The Hall–Kier alpha value is -4.45. The molecule has 0 aromatic heterocycles. The molecule has 11 nitrogen and oxygen atoms in total. The topological polar surface area (TPSA) is 103 Å². The molecule has 3 aromatic rings. The monoisotopic (exact) mass is 619 g/mol. The summed E-state index contributed by atoms with van der Waals surface area (Å²) in [5, 5.41) is 0. The van der Waals surface area contributed by atoms with Crippen LogP contribution in [0.5, 0.6) is 34.5 Å². The first-order valence-electron chi connectivity index (χ1n) is 14.7. The first-order valence-corrected chi connectivity index (χ1v) is 14.7. The molecule has 0 amide bonds. The first kappa shape index (κ1) is 30.6. The van der Waals surface area contributed by atoms with Gasteiger partial charge in [-0.3, -0.25) is 4.90 Å². The number of ether oxygens (including phenoxy) is 9. The summed E-state index contributed by atoms with van der Waals surface area (Å²) < 4.78 is 52.1. The largest absolute Gasteiger partial charge is 0.497 e. The Morgan fingerprint density at radius 2 is 1.53 bits per heavy atom. The number of fused-ring (bicyclic) bond motifs is 1. The number of carbonyl (C=O) groups excluding carboxylic acids is 1. The zero-order valence-corrected chi connectivity index (χ0v) is 25.9. The third-order valence-electron chi connectivity index (χ3n) is 8.19. The number of nitrogens with zero attached hydrogens (tertiary/aromatic N) is 1. The third-order valence-corrected chi connectivity index (χ3v) is 8.19. The molecule has 3 aliphatic heterocycles. The van der Waals surface area contributed by atoms with E-state index in [1.54, 1.807) is 40.6 Å². The van der Waals surface area contributed by atoms with Crippen LogP contribution in [0.3, 0.4) is 0 Å². The van der Waals surface area contributed by atoms with Crippen LogP contribution in [0.4, 0.5) is 0 Å². The van der Waals surface area contributed by atoms with E-state index >= 15 is 0 Å². The van der Waals surface area contributed by atoms with Crippen molar-refractivity contribution in [2.75, 3.05) is 74.7 Å². The third kappa shape index (κ3) is 5.98. The molecule has 0 saturated carbocycles. The fraction of sp³-hybridized carbons (Fsp3) is 0.382. The Morgan fingerprint density at radius 1 is 0.822 bits per heavy atom. The van der Waals surface area contributed by atoms with E-state index in [4.69, 9.17) is 42.6 Å². The second kappa shape index (κ2) is 13.3. The highest BCUT2D eigenvalue weighted by atomic mass is 16.7. The standard InChI is InChI=1S/C34H37NO10/c1-37-25-8-6-24(7-9-25)34(44-16-13-35-11-14-41-15-12-35)26(17-22-18-29(38-2)32(40-4)30(19-22)39-3)31(33(36)45-34)23-5-10-27-28(20-23)43-21-42-27/h5-10,18-20H,11-17,21H2,1-4H3. The number of rotatable bonds is 12. The van der Waals surface area contributed by atoms with Crippen molar-refractivity contribution in [2.45, 2.75) is 12.2 Å². The van der Waals surface area contributed by atoms with E-state index in [1.165, 1.54) is 0 Å². The number of carbonyl (C=O) groups is 1. The van der Waals surface area contributed by atoms with Gasteiger partial charge in [-0.15, -0.1) is 0 Å². The van der Waals surface area contributed by atoms with Crippen molar-refractivity contribution in [2.24, 2.45) is 0 Å². The number of hydrogen-bond acceptors (Lipinski definition) is 11. The second-order valence-electron chi connectivity index (χ2n) is 10.7. The summed E-state index contributed by atoms with van der Waals surface area (Å²) >= 11 is 0. The summed E-state index contributed by atoms with van der Waals surface area (Å²) in [4.78, 5) is 16.3. The van der Waals surface area contributed by atoms with Crippen LogP contribution < -0.4 is 28.4 Å². The number of benzene rings is 3. The van der Waals surface area contributed by atoms with Crippen molar-refractivity contribution in [3.8, 4) is 34.5 Å². The van der Waals surface area contributed by atoms with E-state index in [0.717, 1.165) is 18.7 Å². The highest BCUT2D eigenvalue weighted by Crippen LogP contribution is 2.50. The Labute approximate surface area is 262 Å². The summed E-state index contributed by atoms with van der Waals surface area (Å²) in [7, 11) is 6.29. The molecule has 1 atom stereocenters. The van der Waals surface area contributed by atoms with Crippen molar-refractivity contribution in [1.29, 1.82) is 0 Å². The maximum Gasteiger partial charge on any atom is 0.342 e. The van der Waals surface area contributed by atoms with Crippen LogP contribution in [0.25, 0.3) is 5.57 Å². The Balaban J connectivity index is 1.50. The summed E-state index contributed by atoms with van der Waals surface area (Å²) in [6.07, 6.45) is 0.260. The van der Waals surface area contributed by atoms with E-state index in [2.05, 4.69) is 4.90 Å². The van der Waals surface area contributed by atoms with Crippen molar-refractivity contribution >= 4 is 11.5 Å². The van der Waals surface area contributed by atoms with Crippen LogP contribution in [0, 0.1) is 0 Å². The molecule has 238 valence electrons. The molecule has 1 fully saturated rings. The fourth-order valence-electron chi connectivity index (χ4n) is 5.91. The molecule has 3 aromatic carbocycles. The van der Waals surface area contributed by atoms with Crippen LogP contribution in [0.15, 0.2) is 60.2 Å². The van der Waals surface area contributed by atoms with E-state index in [-0.39, 0.29) is 13.2 Å². The molecule has 6 rings (SSSR count). The fourth-order valence-corrected chi connectivity index (χ4v) is 5.91. The minimum atomic E-state index is -1.54. The van der Waals surface area contributed by atoms with Crippen LogP contribution in [0.1, 0.15) is 16.7 Å². The number of hydrogen-bond donors (Lipinski definition) is 0. The first-order chi connectivity index (χ1) is 22.0. The van der Waals surface area contributed by atoms with Gasteiger partial charge in [0.2, 0.25) is 12.5 Å². The molecule has 11 heteroatoms. The Kier molecular flexibility index (Phi) is 9.02. The smallest absolute Gasteiger partial charge is 0.342 e. The van der Waals surface area contributed by atoms with Crippen LogP contribution >= 0.6 is 0 Å². The molecular formula is C34H37NO10. The minimum Gasteiger partial charge on any atom is -0.497 e. The van der Waals surface area contributed by atoms with Crippen LogP contribution in [0.2, 0.25) is 0 Å². The summed E-state index contributed by atoms with van der Waals surface area (Å²) in [6, 6.07) is 16.5. The summed E-state index contributed by atoms with van der Waals surface area (Å²) in [6.45, 7) is 3.98. The molecule has 3 aliphatic rings. The maximum absolute atomic E-state index is 14.0. The number of esters is 1. The van der Waals surface area contributed by atoms with Crippen molar-refractivity contribution < 1.29 is 47.4 Å². The average Bonchev–Trinajstić information content (AvgIpc) is 3.66. The van der Waals surface area contributed by atoms with Gasteiger partial charge in [0.15, 0.2) is 23.0 Å². The SMILES string of the molecule is COc1ccc(C2(OCCN3CCOCC3)OC(=O)C(c3ccc4c(c3)OCO4)=C2Cc2cc(OC)c(OC)c(OC)c2)cc1. The predicted octanol–water partition coefficient (Wildman–Crippen LogP) is 4.20. The van der Waals surface area contributed by atoms with Gasteiger partial charge < -0.3 is 42.6 Å². The zero-order valence-electron chi connectivity index (χ0n) is 25.9. The van der Waals surface area contributed by atoms with Crippen LogP contribution in [-0.2, 0) is 31.2 Å². The Bertz CT molecular complexity index is 1540. The zero-order chi connectivity index (χ0) is 31.4. The second-order valence-corrected chi connectivity index (χ2v) is 10.7. The van der Waals surface area contributed by atoms with Gasteiger partial charge in [0, 0.05) is 37.2 Å². The van der Waals surface area contributed by atoms with E-state index < -0.39 is 11.8 Å². The quantitative estimate of drug-likeness (QED) is 0.273. The van der Waals surface area contributed by atoms with Gasteiger partial charge in [-0.1, -0.05) is 6.07 Å². The molecule has 1 saturated heterocycles. The molecule has 3 heterocycles. The summed E-state index contributed by atoms with van der Waals surface area (Å²) in [5.74, 6) is 1.22.